The Morgan fingerprint density at radius 1 is 0.656 bits per heavy atom. The summed E-state index contributed by atoms with van der Waals surface area (Å²) >= 11 is 0. The van der Waals surface area contributed by atoms with Crippen LogP contribution >= 0.6 is 0 Å². The van der Waals surface area contributed by atoms with Crippen molar-refractivity contribution in [1.82, 2.24) is 0 Å². The minimum Gasteiger partial charge on any atom is -0.251 e. The topological polar surface area (TPSA) is 0 Å². The van der Waals surface area contributed by atoms with E-state index in [0.717, 1.165) is 6.42 Å². The van der Waals surface area contributed by atoms with Crippen molar-refractivity contribution in [3.63, 3.8) is 0 Å². The number of hydrogen-bond acceptors (Lipinski definition) is 0. The molecule has 0 amide bonds. The highest BCUT2D eigenvalue weighted by atomic mass is 19.1. The van der Waals surface area contributed by atoms with Gasteiger partial charge in [0, 0.05) is 0 Å². The Labute approximate surface area is 193 Å². The molecule has 4 rings (SSSR count). The minimum absolute atomic E-state index is 0.160. The standard InChI is InChI=1S/C31H37F/c1-2-3-4-5-24-6-10-26(11-7-24)28-14-18-30(19-15-28)31-20-16-29(17-21-31)27-12-8-25(9-13-27)22-23-32/h6-7,10-11,14-21,25,27H,2-5,8-9,12-13,22-23H2,1H3. The van der Waals surface area contributed by atoms with Crippen molar-refractivity contribution in [3.8, 4) is 22.3 Å². The van der Waals surface area contributed by atoms with Gasteiger partial charge in [0.25, 0.3) is 0 Å². The molecular formula is C31H37F. The molecule has 0 heterocycles. The van der Waals surface area contributed by atoms with Crippen molar-refractivity contribution in [1.29, 1.82) is 0 Å². The number of halogens is 1. The van der Waals surface area contributed by atoms with Crippen LogP contribution in [0.5, 0.6) is 0 Å². The van der Waals surface area contributed by atoms with Gasteiger partial charge in [0.15, 0.2) is 0 Å². The summed E-state index contributed by atoms with van der Waals surface area (Å²) in [6.07, 6.45) is 10.6. The van der Waals surface area contributed by atoms with E-state index < -0.39 is 0 Å². The second-order valence-electron chi connectivity index (χ2n) is 9.55. The van der Waals surface area contributed by atoms with Gasteiger partial charge in [-0.15, -0.1) is 0 Å². The highest BCUT2D eigenvalue weighted by Gasteiger charge is 2.22. The highest BCUT2D eigenvalue weighted by Crippen LogP contribution is 2.37. The summed E-state index contributed by atoms with van der Waals surface area (Å²) in [5.74, 6) is 1.25. The van der Waals surface area contributed by atoms with Gasteiger partial charge < -0.3 is 0 Å². The zero-order valence-corrected chi connectivity index (χ0v) is 19.5. The van der Waals surface area contributed by atoms with Crippen LogP contribution in [0, 0.1) is 5.92 Å². The van der Waals surface area contributed by atoms with E-state index in [1.165, 1.54) is 84.7 Å². The monoisotopic (exact) mass is 428 g/mol. The summed E-state index contributed by atoms with van der Waals surface area (Å²) in [6, 6.07) is 27.2. The van der Waals surface area contributed by atoms with Crippen molar-refractivity contribution < 1.29 is 4.39 Å². The fourth-order valence-electron chi connectivity index (χ4n) is 5.18. The second kappa shape index (κ2) is 11.5. The molecule has 3 aromatic rings. The van der Waals surface area contributed by atoms with Gasteiger partial charge in [-0.3, -0.25) is 4.39 Å². The number of rotatable bonds is 9. The van der Waals surface area contributed by atoms with E-state index in [4.69, 9.17) is 0 Å². The van der Waals surface area contributed by atoms with Gasteiger partial charge in [0.1, 0.15) is 0 Å². The first-order valence-corrected chi connectivity index (χ1v) is 12.6. The van der Waals surface area contributed by atoms with Gasteiger partial charge in [0.2, 0.25) is 0 Å². The Bertz CT molecular complexity index is 929. The molecule has 0 radical (unpaired) electrons. The lowest BCUT2D eigenvalue weighted by atomic mass is 9.77. The number of unbranched alkanes of at least 4 members (excludes halogenated alkanes) is 2. The Morgan fingerprint density at radius 2 is 1.16 bits per heavy atom. The van der Waals surface area contributed by atoms with E-state index in [-0.39, 0.29) is 6.67 Å². The van der Waals surface area contributed by atoms with Crippen molar-refractivity contribution in [2.75, 3.05) is 6.67 Å². The second-order valence-corrected chi connectivity index (χ2v) is 9.55. The third-order valence-electron chi connectivity index (χ3n) is 7.32. The molecule has 0 aliphatic heterocycles. The van der Waals surface area contributed by atoms with Crippen LogP contribution in [0.3, 0.4) is 0 Å². The molecule has 0 aromatic heterocycles. The molecule has 1 fully saturated rings. The largest absolute Gasteiger partial charge is 0.251 e. The van der Waals surface area contributed by atoms with E-state index in [1.807, 2.05) is 0 Å². The number of alkyl halides is 1. The molecule has 0 atom stereocenters. The van der Waals surface area contributed by atoms with E-state index in [0.29, 0.717) is 11.8 Å². The van der Waals surface area contributed by atoms with Gasteiger partial charge in [-0.1, -0.05) is 92.6 Å². The lowest BCUT2D eigenvalue weighted by Crippen LogP contribution is -2.13. The van der Waals surface area contributed by atoms with Crippen molar-refractivity contribution in [3.05, 3.63) is 83.9 Å². The van der Waals surface area contributed by atoms with Crippen molar-refractivity contribution >= 4 is 0 Å². The van der Waals surface area contributed by atoms with Gasteiger partial charge in [-0.05, 0) is 90.2 Å². The summed E-state index contributed by atoms with van der Waals surface area (Å²) in [5.41, 5.74) is 7.99. The quantitative estimate of drug-likeness (QED) is 0.298. The molecule has 1 saturated carbocycles. The summed E-state index contributed by atoms with van der Waals surface area (Å²) in [5, 5.41) is 0. The SMILES string of the molecule is CCCCCc1ccc(-c2ccc(-c3ccc(C4CCC(CCF)CC4)cc3)cc2)cc1. The third kappa shape index (κ3) is 5.88. The van der Waals surface area contributed by atoms with Gasteiger partial charge in [-0.2, -0.15) is 0 Å². The maximum Gasteiger partial charge on any atom is 0.0897 e. The van der Waals surface area contributed by atoms with Crippen LogP contribution in [0.4, 0.5) is 4.39 Å². The molecule has 32 heavy (non-hydrogen) atoms. The molecule has 0 bridgehead atoms. The third-order valence-corrected chi connectivity index (χ3v) is 7.32. The molecule has 0 spiro atoms. The van der Waals surface area contributed by atoms with Gasteiger partial charge in [0.05, 0.1) is 6.67 Å². The molecule has 0 N–H and O–H groups in total. The average Bonchev–Trinajstić information content (AvgIpc) is 2.86. The van der Waals surface area contributed by atoms with Gasteiger partial charge in [-0.25, -0.2) is 0 Å². The lowest BCUT2D eigenvalue weighted by molar-refractivity contribution is 0.283. The summed E-state index contributed by atoms with van der Waals surface area (Å²) < 4.78 is 12.6. The van der Waals surface area contributed by atoms with Crippen LogP contribution in [0.25, 0.3) is 22.3 Å². The number of aryl methyl sites for hydroxylation is 1. The molecule has 0 nitrogen and oxygen atoms in total. The first-order chi connectivity index (χ1) is 15.8. The first kappa shape index (κ1) is 22.8. The molecule has 0 unspecified atom stereocenters. The summed E-state index contributed by atoms with van der Waals surface area (Å²) in [4.78, 5) is 0. The Morgan fingerprint density at radius 3 is 1.66 bits per heavy atom. The van der Waals surface area contributed by atoms with Gasteiger partial charge >= 0.3 is 0 Å². The molecule has 3 aromatic carbocycles. The van der Waals surface area contributed by atoms with Crippen LogP contribution in [0.2, 0.25) is 0 Å². The Balaban J connectivity index is 1.37. The van der Waals surface area contributed by atoms with E-state index in [1.54, 1.807) is 0 Å². The zero-order chi connectivity index (χ0) is 22.2. The lowest BCUT2D eigenvalue weighted by Gasteiger charge is -2.28. The van der Waals surface area contributed by atoms with Crippen LogP contribution < -0.4 is 0 Å². The fourth-order valence-corrected chi connectivity index (χ4v) is 5.18. The zero-order valence-electron chi connectivity index (χ0n) is 19.5. The highest BCUT2D eigenvalue weighted by molar-refractivity contribution is 5.70. The summed E-state index contributed by atoms with van der Waals surface area (Å²) in [6.45, 7) is 2.09. The minimum atomic E-state index is -0.160. The predicted octanol–water partition coefficient (Wildman–Crippen LogP) is 9.39. The predicted molar refractivity (Wildman–Crippen MR) is 136 cm³/mol. The van der Waals surface area contributed by atoms with E-state index >= 15 is 0 Å². The average molecular weight is 429 g/mol. The Kier molecular flexibility index (Phi) is 8.15. The van der Waals surface area contributed by atoms with Crippen LogP contribution in [0.15, 0.2) is 72.8 Å². The maximum atomic E-state index is 12.6. The Hall–Kier alpha value is -2.41. The van der Waals surface area contributed by atoms with Crippen molar-refractivity contribution in [2.24, 2.45) is 5.92 Å². The smallest absolute Gasteiger partial charge is 0.0897 e. The number of hydrogen-bond donors (Lipinski definition) is 0. The fraction of sp³-hybridized carbons (Fsp3) is 0.419. The van der Waals surface area contributed by atoms with E-state index in [9.17, 15) is 4.39 Å². The molecule has 0 saturated heterocycles. The molecule has 168 valence electrons. The van der Waals surface area contributed by atoms with Crippen LogP contribution in [-0.2, 0) is 6.42 Å². The molecule has 1 heteroatoms. The summed E-state index contributed by atoms with van der Waals surface area (Å²) in [7, 11) is 0. The maximum absolute atomic E-state index is 12.6. The normalized spacial score (nSPS) is 18.6. The molecular weight excluding hydrogens is 391 g/mol. The first-order valence-electron chi connectivity index (χ1n) is 12.6. The molecule has 1 aliphatic carbocycles. The van der Waals surface area contributed by atoms with Crippen molar-refractivity contribution in [2.45, 2.75) is 70.6 Å². The van der Waals surface area contributed by atoms with E-state index in [2.05, 4.69) is 79.7 Å². The molecule has 1 aliphatic rings. The van der Waals surface area contributed by atoms with Crippen LogP contribution in [0.1, 0.15) is 75.3 Å². The number of benzene rings is 3. The van der Waals surface area contributed by atoms with Crippen LogP contribution in [-0.4, -0.2) is 6.67 Å².